The van der Waals surface area contributed by atoms with Crippen LogP contribution in [-0.4, -0.2) is 19.0 Å². The lowest BCUT2D eigenvalue weighted by Crippen LogP contribution is -2.35. The van der Waals surface area contributed by atoms with E-state index in [9.17, 15) is 0 Å². The second kappa shape index (κ2) is 8.79. The zero-order valence-corrected chi connectivity index (χ0v) is 17.0. The zero-order chi connectivity index (χ0) is 20.1. The van der Waals surface area contributed by atoms with Gasteiger partial charge in [0.15, 0.2) is 5.96 Å². The predicted octanol–water partition coefficient (Wildman–Crippen LogP) is 5.49. The van der Waals surface area contributed by atoms with E-state index in [1.165, 1.54) is 0 Å². The first-order chi connectivity index (χ1) is 13.5. The van der Waals surface area contributed by atoms with Gasteiger partial charge in [-0.25, -0.2) is 0 Å². The molecule has 1 aliphatic rings. The van der Waals surface area contributed by atoms with Gasteiger partial charge in [0.25, 0.3) is 0 Å². The van der Waals surface area contributed by atoms with E-state index in [0.29, 0.717) is 0 Å². The molecule has 2 aromatic rings. The van der Waals surface area contributed by atoms with Crippen molar-refractivity contribution in [1.82, 2.24) is 5.32 Å². The number of benzene rings is 2. The summed E-state index contributed by atoms with van der Waals surface area (Å²) in [5.74, 6) is 1.73. The fourth-order valence-corrected chi connectivity index (χ4v) is 3.26. The van der Waals surface area contributed by atoms with E-state index < -0.39 is 0 Å². The van der Waals surface area contributed by atoms with Crippen LogP contribution in [0.3, 0.4) is 0 Å². The van der Waals surface area contributed by atoms with Crippen LogP contribution in [0.2, 0.25) is 0 Å². The van der Waals surface area contributed by atoms with Crippen molar-refractivity contribution in [3.05, 3.63) is 71.3 Å². The first-order valence-electron chi connectivity index (χ1n) is 9.74. The molecule has 2 aromatic carbocycles. The summed E-state index contributed by atoms with van der Waals surface area (Å²) in [6, 6.07) is 10.5. The van der Waals surface area contributed by atoms with Crippen molar-refractivity contribution in [1.29, 1.82) is 0 Å². The van der Waals surface area contributed by atoms with Crippen LogP contribution in [0.4, 0.5) is 5.69 Å². The summed E-state index contributed by atoms with van der Waals surface area (Å²) >= 11 is 0. The van der Waals surface area contributed by atoms with E-state index in [4.69, 9.17) is 4.74 Å². The number of aliphatic imine (C=N–C) groups is 1. The Morgan fingerprint density at radius 2 is 1.89 bits per heavy atom. The third kappa shape index (κ3) is 4.45. The van der Waals surface area contributed by atoms with E-state index in [2.05, 4.69) is 79.9 Å². The maximum absolute atomic E-state index is 6.30. The second-order valence-corrected chi connectivity index (χ2v) is 7.12. The molecule has 1 heterocycles. The number of aryl methyl sites for hydroxylation is 2. The average Bonchev–Trinajstić information content (AvgIpc) is 2.71. The SMILES string of the molecule is C=Cc1ccc(C(C)Oc2cc(C)c(NC3=NCCCN3)cc2C)cc1C=C. The lowest BCUT2D eigenvalue weighted by molar-refractivity contribution is 0.225. The molecule has 0 aliphatic carbocycles. The largest absolute Gasteiger partial charge is 0.486 e. The minimum absolute atomic E-state index is 0.0705. The van der Waals surface area contributed by atoms with Crippen molar-refractivity contribution in [2.75, 3.05) is 18.4 Å². The molecule has 0 saturated heterocycles. The summed E-state index contributed by atoms with van der Waals surface area (Å²) < 4.78 is 6.30. The number of hydrogen-bond donors (Lipinski definition) is 2. The maximum Gasteiger partial charge on any atom is 0.195 e. The summed E-state index contributed by atoms with van der Waals surface area (Å²) in [5.41, 5.74) is 6.51. The van der Waals surface area contributed by atoms with Crippen molar-refractivity contribution in [3.63, 3.8) is 0 Å². The van der Waals surface area contributed by atoms with E-state index >= 15 is 0 Å². The number of rotatable bonds is 6. The van der Waals surface area contributed by atoms with Crippen LogP contribution < -0.4 is 15.4 Å². The van der Waals surface area contributed by atoms with Crippen LogP contribution in [0, 0.1) is 13.8 Å². The van der Waals surface area contributed by atoms with Crippen LogP contribution in [0.5, 0.6) is 5.75 Å². The molecule has 1 unspecified atom stereocenters. The molecule has 28 heavy (non-hydrogen) atoms. The number of hydrogen-bond acceptors (Lipinski definition) is 4. The van der Waals surface area contributed by atoms with Gasteiger partial charge >= 0.3 is 0 Å². The Labute approximate surface area is 168 Å². The fourth-order valence-electron chi connectivity index (χ4n) is 3.26. The van der Waals surface area contributed by atoms with Crippen molar-refractivity contribution in [2.45, 2.75) is 33.3 Å². The Morgan fingerprint density at radius 3 is 2.57 bits per heavy atom. The van der Waals surface area contributed by atoms with Crippen LogP contribution in [-0.2, 0) is 0 Å². The Hall–Kier alpha value is -3.01. The quantitative estimate of drug-likeness (QED) is 0.702. The highest BCUT2D eigenvalue weighted by Gasteiger charge is 2.13. The zero-order valence-electron chi connectivity index (χ0n) is 17.0. The highest BCUT2D eigenvalue weighted by molar-refractivity contribution is 5.94. The monoisotopic (exact) mass is 375 g/mol. The Bertz CT molecular complexity index is 914. The molecule has 1 atom stereocenters. The van der Waals surface area contributed by atoms with Gasteiger partial charge in [0, 0.05) is 18.8 Å². The normalized spacial score (nSPS) is 14.5. The van der Waals surface area contributed by atoms with E-state index in [1.807, 2.05) is 12.2 Å². The lowest BCUT2D eigenvalue weighted by Gasteiger charge is -2.21. The van der Waals surface area contributed by atoms with Crippen LogP contribution in [0.1, 0.15) is 47.3 Å². The molecule has 1 aliphatic heterocycles. The molecule has 146 valence electrons. The summed E-state index contributed by atoms with van der Waals surface area (Å²) in [4.78, 5) is 4.48. The molecule has 4 heteroatoms. The van der Waals surface area contributed by atoms with E-state index in [-0.39, 0.29) is 6.10 Å². The van der Waals surface area contributed by atoms with Gasteiger partial charge in [-0.3, -0.25) is 4.99 Å². The second-order valence-electron chi connectivity index (χ2n) is 7.12. The average molecular weight is 376 g/mol. The number of guanidine groups is 1. The van der Waals surface area contributed by atoms with Crippen molar-refractivity contribution >= 4 is 23.8 Å². The molecule has 0 spiro atoms. The minimum Gasteiger partial charge on any atom is -0.486 e. The van der Waals surface area contributed by atoms with Gasteiger partial charge in [-0.05, 0) is 73.2 Å². The summed E-state index contributed by atoms with van der Waals surface area (Å²) in [7, 11) is 0. The van der Waals surface area contributed by atoms with Crippen molar-refractivity contribution < 1.29 is 4.74 Å². The Kier molecular flexibility index (Phi) is 6.19. The molecule has 0 fully saturated rings. The van der Waals surface area contributed by atoms with Gasteiger partial charge < -0.3 is 15.4 Å². The number of anilines is 1. The molecule has 0 radical (unpaired) electrons. The lowest BCUT2D eigenvalue weighted by atomic mass is 10.0. The van der Waals surface area contributed by atoms with Crippen molar-refractivity contribution in [3.8, 4) is 5.75 Å². The van der Waals surface area contributed by atoms with Gasteiger partial charge in [-0.1, -0.05) is 37.4 Å². The molecule has 0 saturated carbocycles. The van der Waals surface area contributed by atoms with Gasteiger partial charge in [-0.2, -0.15) is 0 Å². The molecule has 3 rings (SSSR count). The Balaban J connectivity index is 1.78. The molecule has 2 N–H and O–H groups in total. The summed E-state index contributed by atoms with van der Waals surface area (Å²) in [5, 5.41) is 6.69. The van der Waals surface area contributed by atoms with Crippen LogP contribution in [0.15, 0.2) is 48.5 Å². The third-order valence-corrected chi connectivity index (χ3v) is 5.00. The third-order valence-electron chi connectivity index (χ3n) is 5.00. The highest BCUT2D eigenvalue weighted by atomic mass is 16.5. The fraction of sp³-hybridized carbons (Fsp3) is 0.292. The molecule has 0 aromatic heterocycles. The minimum atomic E-state index is -0.0705. The number of nitrogens with zero attached hydrogens (tertiary/aromatic N) is 1. The van der Waals surface area contributed by atoms with Crippen LogP contribution >= 0.6 is 0 Å². The molecule has 0 bridgehead atoms. The van der Waals surface area contributed by atoms with E-state index in [0.717, 1.165) is 64.7 Å². The van der Waals surface area contributed by atoms with E-state index in [1.54, 1.807) is 0 Å². The standard InChI is InChI=1S/C24H29N3O/c1-6-19-9-10-21(15-20(19)7-2)18(5)28-23-14-16(3)22(13-17(23)4)27-24-25-11-8-12-26-24/h6-7,9-10,13-15,18H,1-2,8,11-12H2,3-5H3,(H2,25,26,27). The molecular formula is C24H29N3O. The van der Waals surface area contributed by atoms with Gasteiger partial charge in [0.05, 0.1) is 0 Å². The van der Waals surface area contributed by atoms with Crippen molar-refractivity contribution in [2.24, 2.45) is 4.99 Å². The Morgan fingerprint density at radius 1 is 1.11 bits per heavy atom. The first kappa shape index (κ1) is 19.7. The first-order valence-corrected chi connectivity index (χ1v) is 9.74. The molecular weight excluding hydrogens is 346 g/mol. The topological polar surface area (TPSA) is 45.6 Å². The van der Waals surface area contributed by atoms with Crippen LogP contribution in [0.25, 0.3) is 12.2 Å². The number of nitrogens with one attached hydrogen (secondary N) is 2. The number of ether oxygens (including phenoxy) is 1. The molecule has 4 nitrogen and oxygen atoms in total. The summed E-state index contributed by atoms with van der Waals surface area (Å²) in [6.45, 7) is 15.8. The molecule has 0 amide bonds. The van der Waals surface area contributed by atoms with Gasteiger partial charge in [-0.15, -0.1) is 0 Å². The smallest absolute Gasteiger partial charge is 0.195 e. The van der Waals surface area contributed by atoms with Gasteiger partial charge in [0.1, 0.15) is 11.9 Å². The highest BCUT2D eigenvalue weighted by Crippen LogP contribution is 2.31. The maximum atomic E-state index is 6.30. The summed E-state index contributed by atoms with van der Waals surface area (Å²) in [6.07, 6.45) is 4.70. The predicted molar refractivity (Wildman–Crippen MR) is 120 cm³/mol. The van der Waals surface area contributed by atoms with Gasteiger partial charge in [0.2, 0.25) is 0 Å².